The van der Waals surface area contributed by atoms with Crippen LogP contribution in [0.5, 0.6) is 0 Å². The fraction of sp³-hybridized carbons (Fsp3) is 0.500. The normalized spacial score (nSPS) is 17.4. The van der Waals surface area contributed by atoms with E-state index in [0.717, 1.165) is 37.3 Å². The Balaban J connectivity index is 1.47. The van der Waals surface area contributed by atoms with Crippen LogP contribution in [0.25, 0.3) is 0 Å². The van der Waals surface area contributed by atoms with E-state index in [0.29, 0.717) is 18.9 Å². The molecule has 2 aromatic rings. The monoisotopic (exact) mass is 315 g/mol. The third-order valence-corrected chi connectivity index (χ3v) is 3.96. The first-order chi connectivity index (χ1) is 11.2. The first kappa shape index (κ1) is 15.5. The van der Waals surface area contributed by atoms with Crippen LogP contribution in [0.1, 0.15) is 43.2 Å². The van der Waals surface area contributed by atoms with Gasteiger partial charge in [-0.2, -0.15) is 0 Å². The minimum Gasteiger partial charge on any atom is -0.359 e. The first-order valence-electron chi connectivity index (χ1n) is 7.97. The van der Waals surface area contributed by atoms with Gasteiger partial charge >= 0.3 is 0 Å². The zero-order valence-electron chi connectivity index (χ0n) is 13.2. The van der Waals surface area contributed by atoms with E-state index in [1.54, 1.807) is 18.5 Å². The highest BCUT2D eigenvalue weighted by Crippen LogP contribution is 2.32. The number of nitrogens with one attached hydrogen (secondary N) is 1. The van der Waals surface area contributed by atoms with E-state index in [-0.39, 0.29) is 11.9 Å². The van der Waals surface area contributed by atoms with Crippen molar-refractivity contribution in [3.63, 3.8) is 0 Å². The number of aryl methyl sites for hydroxylation is 1. The predicted molar refractivity (Wildman–Crippen MR) is 84.7 cm³/mol. The summed E-state index contributed by atoms with van der Waals surface area (Å²) in [6, 6.07) is 3.73. The van der Waals surface area contributed by atoms with Crippen molar-refractivity contribution in [3.8, 4) is 0 Å². The highest BCUT2D eigenvalue weighted by atomic mass is 16.5. The van der Waals surface area contributed by atoms with Crippen molar-refractivity contribution in [1.29, 1.82) is 0 Å². The number of aromatic nitrogens is 3. The van der Waals surface area contributed by atoms with Crippen LogP contribution in [-0.2, 0) is 4.79 Å². The number of carbonyl (C=O) groups is 1. The summed E-state index contributed by atoms with van der Waals surface area (Å²) in [5.74, 6) is 1.55. The molecular formula is C16H21N5O2. The van der Waals surface area contributed by atoms with Gasteiger partial charge in [-0.25, -0.2) is 9.97 Å². The number of nitrogens with zero attached hydrogens (tertiary/aromatic N) is 4. The molecule has 0 spiro atoms. The van der Waals surface area contributed by atoms with Crippen molar-refractivity contribution in [1.82, 2.24) is 20.0 Å². The summed E-state index contributed by atoms with van der Waals surface area (Å²) in [6.07, 6.45) is 6.57. The smallest absolute Gasteiger partial charge is 0.223 e. The maximum atomic E-state index is 12.5. The van der Waals surface area contributed by atoms with Crippen LogP contribution in [0.4, 0.5) is 5.95 Å². The molecule has 122 valence electrons. The second-order valence-electron chi connectivity index (χ2n) is 5.72. The molecule has 7 heteroatoms. The third-order valence-electron chi connectivity index (χ3n) is 3.96. The standard InChI is InChI=1S/C16H21N5O2/c1-12-11-14(23-20-12)13-5-3-10-21(13)15(22)6-2-7-17-16-18-8-4-9-19-16/h4,8-9,11,13H,2-3,5-7,10H2,1H3,(H,17,18,19)/t13-/m0/s1. The van der Waals surface area contributed by atoms with Crippen LogP contribution in [0.2, 0.25) is 0 Å². The second-order valence-corrected chi connectivity index (χ2v) is 5.72. The SMILES string of the molecule is Cc1cc([C@@H]2CCCN2C(=O)CCCNc2ncccn2)on1. The molecule has 1 saturated heterocycles. The van der Waals surface area contributed by atoms with Crippen LogP contribution in [0, 0.1) is 6.92 Å². The van der Waals surface area contributed by atoms with Crippen LogP contribution in [0.3, 0.4) is 0 Å². The fourth-order valence-corrected chi connectivity index (χ4v) is 2.88. The Labute approximate surface area is 135 Å². The van der Waals surface area contributed by atoms with Gasteiger partial charge in [-0.15, -0.1) is 0 Å². The average Bonchev–Trinajstić information content (AvgIpc) is 3.21. The minimum atomic E-state index is 0.0362. The van der Waals surface area contributed by atoms with E-state index in [4.69, 9.17) is 4.52 Å². The highest BCUT2D eigenvalue weighted by Gasteiger charge is 2.32. The Bertz CT molecular complexity index is 643. The molecule has 0 unspecified atom stereocenters. The quantitative estimate of drug-likeness (QED) is 0.824. The van der Waals surface area contributed by atoms with Crippen LogP contribution in [-0.4, -0.2) is 39.0 Å². The van der Waals surface area contributed by atoms with E-state index in [1.165, 1.54) is 0 Å². The van der Waals surface area contributed by atoms with E-state index in [9.17, 15) is 4.79 Å². The molecule has 3 heterocycles. The van der Waals surface area contributed by atoms with E-state index in [1.807, 2.05) is 17.9 Å². The van der Waals surface area contributed by atoms with Gasteiger partial charge in [0.2, 0.25) is 11.9 Å². The summed E-state index contributed by atoms with van der Waals surface area (Å²) < 4.78 is 5.34. The van der Waals surface area contributed by atoms with E-state index in [2.05, 4.69) is 20.4 Å². The topological polar surface area (TPSA) is 84.2 Å². The zero-order chi connectivity index (χ0) is 16.1. The molecule has 23 heavy (non-hydrogen) atoms. The molecule has 0 radical (unpaired) electrons. The molecule has 1 amide bonds. The molecule has 3 rings (SSSR count). The lowest BCUT2D eigenvalue weighted by molar-refractivity contribution is -0.132. The summed E-state index contributed by atoms with van der Waals surface area (Å²) in [4.78, 5) is 22.5. The molecule has 0 aliphatic carbocycles. The van der Waals surface area contributed by atoms with Gasteiger partial charge in [-0.05, 0) is 32.3 Å². The van der Waals surface area contributed by atoms with Gasteiger partial charge in [0.05, 0.1) is 11.7 Å². The van der Waals surface area contributed by atoms with Crippen molar-refractivity contribution < 1.29 is 9.32 Å². The maximum Gasteiger partial charge on any atom is 0.223 e. The highest BCUT2D eigenvalue weighted by molar-refractivity contribution is 5.77. The molecule has 1 aliphatic rings. The van der Waals surface area contributed by atoms with E-state index >= 15 is 0 Å². The number of anilines is 1. The Hall–Kier alpha value is -2.44. The number of amides is 1. The van der Waals surface area contributed by atoms with Crippen LogP contribution < -0.4 is 5.32 Å². The third kappa shape index (κ3) is 3.85. The largest absolute Gasteiger partial charge is 0.359 e. The van der Waals surface area contributed by atoms with Gasteiger partial charge in [0.15, 0.2) is 5.76 Å². The predicted octanol–water partition coefficient (Wildman–Crippen LogP) is 2.33. The van der Waals surface area contributed by atoms with Gasteiger partial charge in [0.1, 0.15) is 0 Å². The van der Waals surface area contributed by atoms with Gasteiger partial charge in [-0.1, -0.05) is 5.16 Å². The Kier molecular flexibility index (Phi) is 4.85. The van der Waals surface area contributed by atoms with Crippen molar-refractivity contribution >= 4 is 11.9 Å². The molecule has 0 saturated carbocycles. The summed E-state index contributed by atoms with van der Waals surface area (Å²) in [5, 5.41) is 7.04. The van der Waals surface area contributed by atoms with Crippen molar-refractivity contribution in [2.45, 2.75) is 38.6 Å². The summed E-state index contributed by atoms with van der Waals surface area (Å²) in [6.45, 7) is 3.36. The number of hydrogen-bond acceptors (Lipinski definition) is 6. The summed E-state index contributed by atoms with van der Waals surface area (Å²) in [7, 11) is 0. The minimum absolute atomic E-state index is 0.0362. The lowest BCUT2D eigenvalue weighted by Gasteiger charge is -2.22. The lowest BCUT2D eigenvalue weighted by atomic mass is 10.1. The average molecular weight is 315 g/mol. The van der Waals surface area contributed by atoms with Crippen molar-refractivity contribution in [2.24, 2.45) is 0 Å². The fourth-order valence-electron chi connectivity index (χ4n) is 2.88. The maximum absolute atomic E-state index is 12.5. The molecule has 1 aliphatic heterocycles. The number of carbonyl (C=O) groups excluding carboxylic acids is 1. The number of likely N-dealkylation sites (tertiary alicyclic amines) is 1. The Morgan fingerprint density at radius 2 is 2.26 bits per heavy atom. The number of hydrogen-bond donors (Lipinski definition) is 1. The summed E-state index contributed by atoms with van der Waals surface area (Å²) in [5.41, 5.74) is 0.853. The van der Waals surface area contributed by atoms with Gasteiger partial charge in [0, 0.05) is 38.0 Å². The van der Waals surface area contributed by atoms with E-state index < -0.39 is 0 Å². The molecule has 1 N–H and O–H groups in total. The van der Waals surface area contributed by atoms with Crippen LogP contribution in [0.15, 0.2) is 29.0 Å². The molecule has 1 fully saturated rings. The Morgan fingerprint density at radius 3 is 3.00 bits per heavy atom. The number of rotatable bonds is 6. The Morgan fingerprint density at radius 1 is 1.43 bits per heavy atom. The first-order valence-corrected chi connectivity index (χ1v) is 7.97. The zero-order valence-corrected chi connectivity index (χ0v) is 13.2. The van der Waals surface area contributed by atoms with Gasteiger partial charge < -0.3 is 14.7 Å². The molecular weight excluding hydrogens is 294 g/mol. The molecule has 0 bridgehead atoms. The molecule has 7 nitrogen and oxygen atoms in total. The van der Waals surface area contributed by atoms with Gasteiger partial charge in [0.25, 0.3) is 0 Å². The van der Waals surface area contributed by atoms with Crippen molar-refractivity contribution in [3.05, 3.63) is 36.0 Å². The molecule has 0 aromatic carbocycles. The van der Waals surface area contributed by atoms with Crippen LogP contribution >= 0.6 is 0 Å². The van der Waals surface area contributed by atoms with Gasteiger partial charge in [-0.3, -0.25) is 4.79 Å². The van der Waals surface area contributed by atoms with Crippen molar-refractivity contribution in [2.75, 3.05) is 18.4 Å². The second kappa shape index (κ2) is 7.21. The summed E-state index contributed by atoms with van der Waals surface area (Å²) >= 11 is 0. The molecule has 2 aromatic heterocycles. The lowest BCUT2D eigenvalue weighted by Crippen LogP contribution is -2.30. The molecule has 1 atom stereocenters.